The number of unbranched alkanes of at least 4 members (excludes halogenated alkanes) is 4. The number of ether oxygens (including phenoxy) is 4. The van der Waals surface area contributed by atoms with Gasteiger partial charge in [0.15, 0.2) is 0 Å². The molecule has 0 aliphatic carbocycles. The molecule has 2 atom stereocenters. The lowest BCUT2D eigenvalue weighted by Crippen LogP contribution is -2.40. The monoisotopic (exact) mass is 430 g/mol. The van der Waals surface area contributed by atoms with E-state index in [1.165, 1.54) is 32.1 Å². The van der Waals surface area contributed by atoms with Gasteiger partial charge in [-0.25, -0.2) is 0 Å². The Bertz CT molecular complexity index is 337. The molecule has 0 heterocycles. The first-order valence-corrected chi connectivity index (χ1v) is 13.0. The van der Waals surface area contributed by atoms with Crippen LogP contribution in [0.15, 0.2) is 0 Å². The van der Waals surface area contributed by atoms with E-state index in [1.54, 1.807) is 0 Å². The van der Waals surface area contributed by atoms with E-state index in [-0.39, 0.29) is 11.5 Å². The molecule has 0 aromatic heterocycles. The topological polar surface area (TPSA) is 36.9 Å². The van der Waals surface area contributed by atoms with Crippen molar-refractivity contribution in [2.24, 2.45) is 5.41 Å². The molecule has 0 aromatic carbocycles. The van der Waals surface area contributed by atoms with E-state index < -0.39 is 0 Å². The van der Waals surface area contributed by atoms with Crippen molar-refractivity contribution in [2.75, 3.05) is 46.2 Å². The van der Waals surface area contributed by atoms with Crippen LogP contribution in [0, 0.1) is 5.41 Å². The zero-order valence-electron chi connectivity index (χ0n) is 21.1. The van der Waals surface area contributed by atoms with Gasteiger partial charge in [-0.15, -0.1) is 0 Å². The SMILES string of the molecule is CCCCCOCCOC(CCCC)C(CC)(CCOCCC)CCOCCCC. The summed E-state index contributed by atoms with van der Waals surface area (Å²) in [5.41, 5.74) is 0.122. The van der Waals surface area contributed by atoms with Gasteiger partial charge in [0.25, 0.3) is 0 Å². The molecule has 0 spiro atoms. The van der Waals surface area contributed by atoms with E-state index in [9.17, 15) is 0 Å². The Kier molecular flexibility index (Phi) is 21.9. The number of rotatable bonds is 24. The van der Waals surface area contributed by atoms with Crippen LogP contribution in [0.4, 0.5) is 0 Å². The Morgan fingerprint density at radius 1 is 0.533 bits per heavy atom. The highest BCUT2D eigenvalue weighted by Gasteiger charge is 2.37. The van der Waals surface area contributed by atoms with Crippen LogP contribution < -0.4 is 0 Å². The summed E-state index contributed by atoms with van der Waals surface area (Å²) in [6, 6.07) is 0. The van der Waals surface area contributed by atoms with E-state index in [4.69, 9.17) is 18.9 Å². The molecular weight excluding hydrogens is 376 g/mol. The minimum atomic E-state index is 0.122. The van der Waals surface area contributed by atoms with Crippen LogP contribution in [-0.2, 0) is 18.9 Å². The van der Waals surface area contributed by atoms with Gasteiger partial charge in [-0.05, 0) is 44.9 Å². The van der Waals surface area contributed by atoms with Crippen LogP contribution in [0.5, 0.6) is 0 Å². The molecule has 0 rings (SSSR count). The van der Waals surface area contributed by atoms with E-state index >= 15 is 0 Å². The third-order valence-corrected chi connectivity index (χ3v) is 6.13. The molecule has 30 heavy (non-hydrogen) atoms. The molecular formula is C26H54O4. The van der Waals surface area contributed by atoms with E-state index in [2.05, 4.69) is 34.6 Å². The third-order valence-electron chi connectivity index (χ3n) is 6.13. The minimum Gasteiger partial charge on any atom is -0.381 e. The average Bonchev–Trinajstić information content (AvgIpc) is 2.77. The van der Waals surface area contributed by atoms with E-state index in [0.717, 1.165) is 78.0 Å². The fraction of sp³-hybridized carbons (Fsp3) is 1.00. The predicted molar refractivity (Wildman–Crippen MR) is 128 cm³/mol. The number of hydrogen-bond acceptors (Lipinski definition) is 4. The Hall–Kier alpha value is -0.160. The number of hydrogen-bond donors (Lipinski definition) is 0. The van der Waals surface area contributed by atoms with Crippen LogP contribution >= 0.6 is 0 Å². The zero-order chi connectivity index (χ0) is 22.3. The van der Waals surface area contributed by atoms with Crippen molar-refractivity contribution in [3.63, 3.8) is 0 Å². The van der Waals surface area contributed by atoms with Gasteiger partial charge in [-0.1, -0.05) is 66.7 Å². The first-order chi connectivity index (χ1) is 14.7. The van der Waals surface area contributed by atoms with Gasteiger partial charge in [0.05, 0.1) is 19.3 Å². The lowest BCUT2D eigenvalue weighted by Gasteiger charge is -2.40. The smallest absolute Gasteiger partial charge is 0.0704 e. The molecule has 0 bridgehead atoms. The van der Waals surface area contributed by atoms with Crippen LogP contribution in [0.1, 0.15) is 112 Å². The normalized spacial score (nSPS) is 14.7. The summed E-state index contributed by atoms with van der Waals surface area (Å²) in [5.74, 6) is 0. The lowest BCUT2D eigenvalue weighted by atomic mass is 9.72. The Balaban J connectivity index is 4.86. The molecule has 4 nitrogen and oxygen atoms in total. The molecule has 0 saturated carbocycles. The first-order valence-electron chi connectivity index (χ1n) is 13.0. The van der Waals surface area contributed by atoms with Gasteiger partial charge in [0.2, 0.25) is 0 Å². The molecule has 2 unspecified atom stereocenters. The second kappa shape index (κ2) is 22.0. The summed E-state index contributed by atoms with van der Waals surface area (Å²) in [6.07, 6.45) is 14.0. The van der Waals surface area contributed by atoms with Gasteiger partial charge in [0, 0.05) is 38.4 Å². The van der Waals surface area contributed by atoms with Crippen molar-refractivity contribution in [3.05, 3.63) is 0 Å². The van der Waals surface area contributed by atoms with Crippen molar-refractivity contribution in [1.82, 2.24) is 0 Å². The summed E-state index contributed by atoms with van der Waals surface area (Å²) in [4.78, 5) is 0. The van der Waals surface area contributed by atoms with Crippen molar-refractivity contribution in [1.29, 1.82) is 0 Å². The van der Waals surface area contributed by atoms with Crippen LogP contribution in [0.25, 0.3) is 0 Å². The molecule has 0 saturated heterocycles. The molecule has 4 heteroatoms. The van der Waals surface area contributed by atoms with E-state index in [1.807, 2.05) is 0 Å². The summed E-state index contributed by atoms with van der Waals surface area (Å²) in [5, 5.41) is 0. The summed E-state index contributed by atoms with van der Waals surface area (Å²) in [7, 11) is 0. The fourth-order valence-electron chi connectivity index (χ4n) is 3.94. The van der Waals surface area contributed by atoms with Crippen molar-refractivity contribution in [3.8, 4) is 0 Å². The zero-order valence-corrected chi connectivity index (χ0v) is 21.1. The second-order valence-corrected chi connectivity index (χ2v) is 8.62. The van der Waals surface area contributed by atoms with Gasteiger partial charge in [0.1, 0.15) is 0 Å². The summed E-state index contributed by atoms with van der Waals surface area (Å²) >= 11 is 0. The maximum atomic E-state index is 6.51. The largest absolute Gasteiger partial charge is 0.381 e. The maximum Gasteiger partial charge on any atom is 0.0704 e. The Morgan fingerprint density at radius 3 is 1.73 bits per heavy atom. The van der Waals surface area contributed by atoms with Gasteiger partial charge in [-0.2, -0.15) is 0 Å². The summed E-state index contributed by atoms with van der Waals surface area (Å²) < 4.78 is 24.2. The maximum absolute atomic E-state index is 6.51. The highest BCUT2D eigenvalue weighted by molar-refractivity contribution is 4.87. The van der Waals surface area contributed by atoms with Crippen LogP contribution in [-0.4, -0.2) is 52.4 Å². The molecule has 0 aromatic rings. The molecule has 182 valence electrons. The van der Waals surface area contributed by atoms with Gasteiger partial charge < -0.3 is 18.9 Å². The van der Waals surface area contributed by atoms with Crippen molar-refractivity contribution >= 4 is 0 Å². The molecule has 0 N–H and O–H groups in total. The minimum absolute atomic E-state index is 0.122. The van der Waals surface area contributed by atoms with Crippen molar-refractivity contribution in [2.45, 2.75) is 118 Å². The lowest BCUT2D eigenvalue weighted by molar-refractivity contribution is -0.0903. The molecule has 0 fully saturated rings. The highest BCUT2D eigenvalue weighted by Crippen LogP contribution is 2.39. The molecule has 0 aliphatic rings. The molecule has 0 aliphatic heterocycles. The predicted octanol–water partition coefficient (Wildman–Crippen LogP) is 7.19. The van der Waals surface area contributed by atoms with E-state index in [0.29, 0.717) is 13.2 Å². The highest BCUT2D eigenvalue weighted by atomic mass is 16.5. The van der Waals surface area contributed by atoms with Gasteiger partial charge in [-0.3, -0.25) is 0 Å². The first kappa shape index (κ1) is 29.8. The van der Waals surface area contributed by atoms with Crippen LogP contribution in [0.3, 0.4) is 0 Å². The standard InChI is InChI=1S/C26H54O4/c1-6-11-14-20-29-23-24-30-25(15-12-7-2)26(10-5,16-21-27-18-9-4)17-22-28-19-13-8-3/h25H,6-24H2,1-5H3. The van der Waals surface area contributed by atoms with Crippen molar-refractivity contribution < 1.29 is 18.9 Å². The van der Waals surface area contributed by atoms with Crippen LogP contribution in [0.2, 0.25) is 0 Å². The Morgan fingerprint density at radius 2 is 1.13 bits per heavy atom. The molecule has 0 amide bonds. The average molecular weight is 431 g/mol. The van der Waals surface area contributed by atoms with Gasteiger partial charge >= 0.3 is 0 Å². The fourth-order valence-corrected chi connectivity index (χ4v) is 3.94. The quantitative estimate of drug-likeness (QED) is 0.152. The molecule has 0 radical (unpaired) electrons. The Labute approximate surface area is 188 Å². The summed E-state index contributed by atoms with van der Waals surface area (Å²) in [6.45, 7) is 16.8. The second-order valence-electron chi connectivity index (χ2n) is 8.62. The third kappa shape index (κ3) is 14.8.